The van der Waals surface area contributed by atoms with Gasteiger partial charge in [-0.25, -0.2) is 0 Å². The van der Waals surface area contributed by atoms with Gasteiger partial charge in [0.1, 0.15) is 5.54 Å². The van der Waals surface area contributed by atoms with Gasteiger partial charge in [0, 0.05) is 6.54 Å². The van der Waals surface area contributed by atoms with Crippen molar-refractivity contribution in [3.63, 3.8) is 0 Å². The lowest BCUT2D eigenvalue weighted by atomic mass is 9.97. The lowest BCUT2D eigenvalue weighted by Gasteiger charge is -2.42. The second-order valence-corrected chi connectivity index (χ2v) is 6.00. The van der Waals surface area contributed by atoms with E-state index in [1.807, 2.05) is 25.1 Å². The smallest absolute Gasteiger partial charge is 0.251 e. The van der Waals surface area contributed by atoms with Gasteiger partial charge in [-0.15, -0.1) is 0 Å². The Kier molecular flexibility index (Phi) is 4.54. The molecule has 6 heteroatoms. The Hall–Kier alpha value is -1.59. The zero-order valence-electron chi connectivity index (χ0n) is 12.5. The molecule has 1 fully saturated rings. The topological polar surface area (TPSA) is 61.4 Å². The molecule has 0 bridgehead atoms. The molecular formula is C15H20ClN3O2. The van der Waals surface area contributed by atoms with E-state index in [2.05, 4.69) is 10.6 Å². The summed E-state index contributed by atoms with van der Waals surface area (Å²) < 4.78 is 0. The SMILES string of the molecule is CCNCc1ccc(N2CC(=O)NC(=O)C2(C)C)c(Cl)c1. The van der Waals surface area contributed by atoms with Crippen molar-refractivity contribution in [2.75, 3.05) is 18.0 Å². The Balaban J connectivity index is 2.31. The zero-order valence-corrected chi connectivity index (χ0v) is 13.3. The number of amides is 2. The monoisotopic (exact) mass is 309 g/mol. The summed E-state index contributed by atoms with van der Waals surface area (Å²) in [5.74, 6) is -0.626. The van der Waals surface area contributed by atoms with Crippen LogP contribution in [-0.2, 0) is 16.1 Å². The average molecular weight is 310 g/mol. The highest BCUT2D eigenvalue weighted by Crippen LogP contribution is 2.33. The van der Waals surface area contributed by atoms with E-state index in [4.69, 9.17) is 11.6 Å². The minimum absolute atomic E-state index is 0.116. The van der Waals surface area contributed by atoms with E-state index in [-0.39, 0.29) is 18.4 Å². The van der Waals surface area contributed by atoms with Crippen molar-refractivity contribution < 1.29 is 9.59 Å². The number of piperazine rings is 1. The van der Waals surface area contributed by atoms with Crippen LogP contribution in [0.15, 0.2) is 18.2 Å². The van der Waals surface area contributed by atoms with Crippen LogP contribution >= 0.6 is 11.6 Å². The number of nitrogens with zero attached hydrogens (tertiary/aromatic N) is 1. The number of carbonyl (C=O) groups excluding carboxylic acids is 2. The second kappa shape index (κ2) is 6.03. The van der Waals surface area contributed by atoms with Crippen LogP contribution in [0.25, 0.3) is 0 Å². The minimum atomic E-state index is -0.819. The maximum Gasteiger partial charge on any atom is 0.251 e. The van der Waals surface area contributed by atoms with E-state index in [1.165, 1.54) is 0 Å². The number of benzene rings is 1. The third-order valence-corrected chi connectivity index (χ3v) is 3.97. The molecule has 1 aliphatic rings. The summed E-state index contributed by atoms with van der Waals surface area (Å²) in [4.78, 5) is 25.4. The number of nitrogens with one attached hydrogen (secondary N) is 2. The summed E-state index contributed by atoms with van der Waals surface area (Å²) >= 11 is 6.35. The van der Waals surface area contributed by atoms with Crippen LogP contribution in [0.1, 0.15) is 26.3 Å². The molecule has 1 aliphatic heterocycles. The van der Waals surface area contributed by atoms with Crippen LogP contribution in [0, 0.1) is 0 Å². The van der Waals surface area contributed by atoms with Crippen LogP contribution < -0.4 is 15.5 Å². The molecule has 1 aromatic rings. The molecule has 2 N–H and O–H groups in total. The average Bonchev–Trinajstić information content (AvgIpc) is 2.41. The molecule has 114 valence electrons. The van der Waals surface area contributed by atoms with Crippen LogP contribution in [0.4, 0.5) is 5.69 Å². The Bertz CT molecular complexity index is 572. The van der Waals surface area contributed by atoms with Crippen molar-refractivity contribution in [3.8, 4) is 0 Å². The third kappa shape index (κ3) is 3.19. The van der Waals surface area contributed by atoms with Crippen LogP contribution in [0.5, 0.6) is 0 Å². The second-order valence-electron chi connectivity index (χ2n) is 5.59. The predicted octanol–water partition coefficient (Wildman–Crippen LogP) is 1.69. The van der Waals surface area contributed by atoms with Crippen molar-refractivity contribution in [1.29, 1.82) is 0 Å². The maximum absolute atomic E-state index is 12.0. The Morgan fingerprint density at radius 1 is 1.38 bits per heavy atom. The molecule has 0 atom stereocenters. The summed E-state index contributed by atoms with van der Waals surface area (Å²) in [6, 6.07) is 5.69. The number of halogens is 1. The first kappa shape index (κ1) is 15.8. The van der Waals surface area contributed by atoms with Crippen LogP contribution in [-0.4, -0.2) is 30.4 Å². The highest BCUT2D eigenvalue weighted by molar-refractivity contribution is 6.33. The van der Waals surface area contributed by atoms with Crippen molar-refractivity contribution in [2.45, 2.75) is 32.9 Å². The fourth-order valence-electron chi connectivity index (χ4n) is 2.32. The molecule has 0 spiro atoms. The van der Waals surface area contributed by atoms with Crippen LogP contribution in [0.2, 0.25) is 5.02 Å². The number of carbonyl (C=O) groups is 2. The van der Waals surface area contributed by atoms with E-state index in [1.54, 1.807) is 18.7 Å². The third-order valence-electron chi connectivity index (χ3n) is 3.67. The van der Waals surface area contributed by atoms with Gasteiger partial charge in [-0.3, -0.25) is 14.9 Å². The fourth-order valence-corrected chi connectivity index (χ4v) is 2.62. The van der Waals surface area contributed by atoms with Crippen LogP contribution in [0.3, 0.4) is 0 Å². The van der Waals surface area contributed by atoms with E-state index < -0.39 is 5.54 Å². The Labute approximate surface area is 129 Å². The Morgan fingerprint density at radius 2 is 2.10 bits per heavy atom. The number of imide groups is 1. The standard InChI is InChI=1S/C15H20ClN3O2/c1-4-17-8-10-5-6-12(11(16)7-10)19-9-13(20)18-14(21)15(19,2)3/h5-7,17H,4,8-9H2,1-3H3,(H,18,20,21). The highest BCUT2D eigenvalue weighted by atomic mass is 35.5. The van der Waals surface area contributed by atoms with Crippen molar-refractivity contribution in [1.82, 2.24) is 10.6 Å². The van der Waals surface area contributed by atoms with Gasteiger partial charge in [0.15, 0.2) is 0 Å². The minimum Gasteiger partial charge on any atom is -0.347 e. The molecule has 5 nitrogen and oxygen atoms in total. The predicted molar refractivity (Wildman–Crippen MR) is 83.4 cm³/mol. The molecule has 0 aromatic heterocycles. The van der Waals surface area contributed by atoms with Gasteiger partial charge in [0.05, 0.1) is 17.3 Å². The molecule has 0 aliphatic carbocycles. The Morgan fingerprint density at radius 3 is 2.71 bits per heavy atom. The first-order valence-electron chi connectivity index (χ1n) is 6.97. The molecule has 21 heavy (non-hydrogen) atoms. The number of hydrogen-bond acceptors (Lipinski definition) is 4. The van der Waals surface area contributed by atoms with E-state index in [0.29, 0.717) is 10.7 Å². The summed E-state index contributed by atoms with van der Waals surface area (Å²) in [5, 5.41) is 6.13. The van der Waals surface area contributed by atoms with E-state index in [0.717, 1.165) is 18.7 Å². The molecule has 1 saturated heterocycles. The van der Waals surface area contributed by atoms with Gasteiger partial charge >= 0.3 is 0 Å². The van der Waals surface area contributed by atoms with Gasteiger partial charge in [0.25, 0.3) is 5.91 Å². The molecule has 2 amide bonds. The molecule has 2 rings (SSSR count). The summed E-state index contributed by atoms with van der Waals surface area (Å²) in [7, 11) is 0. The lowest BCUT2D eigenvalue weighted by molar-refractivity contribution is -0.135. The van der Waals surface area contributed by atoms with E-state index in [9.17, 15) is 9.59 Å². The van der Waals surface area contributed by atoms with Gasteiger partial charge < -0.3 is 10.2 Å². The normalized spacial score (nSPS) is 17.8. The molecule has 1 heterocycles. The number of hydrogen-bond donors (Lipinski definition) is 2. The fraction of sp³-hybridized carbons (Fsp3) is 0.467. The molecular weight excluding hydrogens is 290 g/mol. The number of rotatable bonds is 4. The first-order valence-corrected chi connectivity index (χ1v) is 7.35. The molecule has 0 unspecified atom stereocenters. The summed E-state index contributed by atoms with van der Waals surface area (Å²) in [5.41, 5.74) is 0.946. The largest absolute Gasteiger partial charge is 0.347 e. The quantitative estimate of drug-likeness (QED) is 0.831. The van der Waals surface area contributed by atoms with Gasteiger partial charge in [0.2, 0.25) is 5.91 Å². The van der Waals surface area contributed by atoms with Crippen molar-refractivity contribution in [3.05, 3.63) is 28.8 Å². The lowest BCUT2D eigenvalue weighted by Crippen LogP contribution is -2.64. The zero-order chi connectivity index (χ0) is 15.6. The highest BCUT2D eigenvalue weighted by Gasteiger charge is 2.41. The molecule has 0 saturated carbocycles. The maximum atomic E-state index is 12.0. The van der Waals surface area contributed by atoms with Crippen molar-refractivity contribution in [2.24, 2.45) is 0 Å². The molecule has 0 radical (unpaired) electrons. The van der Waals surface area contributed by atoms with Gasteiger partial charge in [-0.05, 0) is 38.1 Å². The van der Waals surface area contributed by atoms with Gasteiger partial charge in [-0.2, -0.15) is 0 Å². The van der Waals surface area contributed by atoms with E-state index >= 15 is 0 Å². The molecule has 1 aromatic carbocycles. The number of anilines is 1. The summed E-state index contributed by atoms with van der Waals surface area (Å²) in [6.45, 7) is 7.32. The van der Waals surface area contributed by atoms with Crippen molar-refractivity contribution >= 4 is 29.1 Å². The summed E-state index contributed by atoms with van der Waals surface area (Å²) in [6.07, 6.45) is 0. The van der Waals surface area contributed by atoms with Gasteiger partial charge in [-0.1, -0.05) is 24.6 Å². The first-order chi connectivity index (χ1) is 9.86.